The summed E-state index contributed by atoms with van der Waals surface area (Å²) in [5.41, 5.74) is 0.879. The highest BCUT2D eigenvalue weighted by molar-refractivity contribution is 7.81. The summed E-state index contributed by atoms with van der Waals surface area (Å²) in [7, 11) is 0. The van der Waals surface area contributed by atoms with Crippen molar-refractivity contribution in [2.45, 2.75) is 31.2 Å². The summed E-state index contributed by atoms with van der Waals surface area (Å²) >= 11 is 4.16. The quantitative estimate of drug-likeness (QED) is 0.799. The van der Waals surface area contributed by atoms with E-state index in [0.29, 0.717) is 12.8 Å². The van der Waals surface area contributed by atoms with Gasteiger partial charge in [-0.3, -0.25) is 4.79 Å². The van der Waals surface area contributed by atoms with E-state index in [9.17, 15) is 18.0 Å². The molecule has 1 rings (SSSR count). The average molecular weight is 305 g/mol. The Kier molecular flexibility index (Phi) is 6.39. The number of amides is 1. The molecule has 1 amide bonds. The molecule has 0 aliphatic heterocycles. The first-order valence-corrected chi connectivity index (χ1v) is 6.92. The fourth-order valence-corrected chi connectivity index (χ4v) is 2.26. The summed E-state index contributed by atoms with van der Waals surface area (Å²) in [4.78, 5) is 12.9. The number of thiol groups is 1. The van der Waals surface area contributed by atoms with E-state index >= 15 is 0 Å². The molecule has 1 atom stereocenters. The molecule has 112 valence electrons. The Hall–Kier alpha value is -1.17. The van der Waals surface area contributed by atoms with Gasteiger partial charge in [-0.1, -0.05) is 37.3 Å². The summed E-state index contributed by atoms with van der Waals surface area (Å²) in [6, 6.07) is 9.13. The summed E-state index contributed by atoms with van der Waals surface area (Å²) in [5, 5.41) is -0.758. The summed E-state index contributed by atoms with van der Waals surface area (Å²) < 4.78 is 37.4. The van der Waals surface area contributed by atoms with E-state index in [1.807, 2.05) is 30.3 Å². The van der Waals surface area contributed by atoms with Crippen LogP contribution in [-0.4, -0.2) is 35.3 Å². The van der Waals surface area contributed by atoms with Gasteiger partial charge in [0.05, 0.1) is 5.25 Å². The Morgan fingerprint density at radius 2 is 1.90 bits per heavy atom. The molecule has 1 aromatic carbocycles. The first-order chi connectivity index (χ1) is 9.33. The van der Waals surface area contributed by atoms with Crippen LogP contribution < -0.4 is 0 Å². The van der Waals surface area contributed by atoms with Crippen molar-refractivity contribution >= 4 is 18.5 Å². The third-order valence-electron chi connectivity index (χ3n) is 2.73. The van der Waals surface area contributed by atoms with Crippen molar-refractivity contribution in [1.29, 1.82) is 0 Å². The molecule has 0 aliphatic carbocycles. The van der Waals surface area contributed by atoms with Crippen LogP contribution in [0.15, 0.2) is 30.3 Å². The molecule has 1 aromatic rings. The van der Waals surface area contributed by atoms with Crippen molar-refractivity contribution in [3.8, 4) is 0 Å². The van der Waals surface area contributed by atoms with Crippen LogP contribution in [0.3, 0.4) is 0 Å². The van der Waals surface area contributed by atoms with Gasteiger partial charge in [-0.15, -0.1) is 0 Å². The van der Waals surface area contributed by atoms with E-state index in [4.69, 9.17) is 0 Å². The van der Waals surface area contributed by atoms with Gasteiger partial charge in [0.15, 0.2) is 0 Å². The van der Waals surface area contributed by atoms with Gasteiger partial charge in [0.25, 0.3) is 0 Å². The highest BCUT2D eigenvalue weighted by atomic mass is 32.1. The maximum Gasteiger partial charge on any atom is 0.406 e. The molecule has 0 heterocycles. The number of benzene rings is 1. The van der Waals surface area contributed by atoms with Gasteiger partial charge in [-0.25, -0.2) is 0 Å². The van der Waals surface area contributed by atoms with E-state index < -0.39 is 23.9 Å². The molecule has 0 saturated heterocycles. The van der Waals surface area contributed by atoms with Crippen molar-refractivity contribution < 1.29 is 18.0 Å². The molecule has 0 radical (unpaired) electrons. The number of carbonyl (C=O) groups is 1. The van der Waals surface area contributed by atoms with Crippen molar-refractivity contribution in [1.82, 2.24) is 4.90 Å². The number of hydrogen-bond acceptors (Lipinski definition) is 2. The third-order valence-corrected chi connectivity index (χ3v) is 3.14. The van der Waals surface area contributed by atoms with Crippen molar-refractivity contribution in [3.63, 3.8) is 0 Å². The first-order valence-electron chi connectivity index (χ1n) is 6.41. The van der Waals surface area contributed by atoms with Crippen LogP contribution in [0, 0.1) is 0 Å². The van der Waals surface area contributed by atoms with Gasteiger partial charge in [-0.2, -0.15) is 25.8 Å². The van der Waals surface area contributed by atoms with Crippen molar-refractivity contribution in [2.24, 2.45) is 0 Å². The minimum Gasteiger partial charge on any atom is -0.333 e. The zero-order valence-corrected chi connectivity index (χ0v) is 12.1. The van der Waals surface area contributed by atoms with Crippen molar-refractivity contribution in [2.75, 3.05) is 13.1 Å². The van der Waals surface area contributed by atoms with E-state index in [1.54, 1.807) is 6.92 Å². The molecule has 0 aromatic heterocycles. The van der Waals surface area contributed by atoms with Crippen LogP contribution in [-0.2, 0) is 11.2 Å². The Labute approximate surface area is 122 Å². The maximum atomic E-state index is 12.5. The standard InChI is InChI=1S/C14H18F3NOS/c1-2-8-18(10-14(15,16)17)13(19)12(20)9-11-6-4-3-5-7-11/h3-7,12,20H,2,8-10H2,1H3. The van der Waals surface area contributed by atoms with E-state index in [1.165, 1.54) is 0 Å². The van der Waals surface area contributed by atoms with Gasteiger partial charge in [-0.05, 0) is 18.4 Å². The van der Waals surface area contributed by atoms with Crippen LogP contribution in [0.1, 0.15) is 18.9 Å². The Balaban J connectivity index is 2.68. The fraction of sp³-hybridized carbons (Fsp3) is 0.500. The Morgan fingerprint density at radius 3 is 2.40 bits per heavy atom. The minimum atomic E-state index is -4.38. The normalized spacial score (nSPS) is 13.1. The molecule has 0 spiro atoms. The summed E-state index contributed by atoms with van der Waals surface area (Å²) in [6.45, 7) is 0.608. The van der Waals surface area contributed by atoms with Crippen LogP contribution in [0.2, 0.25) is 0 Å². The Bertz CT molecular complexity index is 422. The maximum absolute atomic E-state index is 12.5. The number of alkyl halides is 3. The topological polar surface area (TPSA) is 20.3 Å². The average Bonchev–Trinajstić information content (AvgIpc) is 2.37. The molecular formula is C14H18F3NOS. The number of rotatable bonds is 6. The van der Waals surface area contributed by atoms with Gasteiger partial charge in [0, 0.05) is 6.54 Å². The highest BCUT2D eigenvalue weighted by Crippen LogP contribution is 2.19. The van der Waals surface area contributed by atoms with Gasteiger partial charge >= 0.3 is 6.18 Å². The second kappa shape index (κ2) is 7.57. The molecule has 1 unspecified atom stereocenters. The van der Waals surface area contributed by atoms with Gasteiger partial charge in [0.2, 0.25) is 5.91 Å². The predicted molar refractivity (Wildman–Crippen MR) is 75.8 cm³/mol. The lowest BCUT2D eigenvalue weighted by Gasteiger charge is -2.26. The predicted octanol–water partition coefficient (Wildman–Crippen LogP) is 3.33. The molecule has 0 saturated carbocycles. The van der Waals surface area contributed by atoms with Gasteiger partial charge < -0.3 is 4.90 Å². The second-order valence-corrected chi connectivity index (χ2v) is 5.20. The zero-order valence-electron chi connectivity index (χ0n) is 11.2. The number of nitrogens with zero attached hydrogens (tertiary/aromatic N) is 1. The van der Waals surface area contributed by atoms with Crippen LogP contribution in [0.5, 0.6) is 0 Å². The lowest BCUT2D eigenvalue weighted by Crippen LogP contribution is -2.43. The molecular weight excluding hydrogens is 287 g/mol. The van der Waals surface area contributed by atoms with E-state index in [2.05, 4.69) is 12.6 Å². The molecule has 0 N–H and O–H groups in total. The number of hydrogen-bond donors (Lipinski definition) is 1. The fourth-order valence-electron chi connectivity index (χ4n) is 1.89. The lowest BCUT2D eigenvalue weighted by molar-refractivity contribution is -0.160. The zero-order chi connectivity index (χ0) is 15.2. The number of carbonyl (C=O) groups excluding carboxylic acids is 1. The Morgan fingerprint density at radius 1 is 1.30 bits per heavy atom. The highest BCUT2D eigenvalue weighted by Gasteiger charge is 2.34. The minimum absolute atomic E-state index is 0.0875. The van der Waals surface area contributed by atoms with Gasteiger partial charge in [0.1, 0.15) is 6.54 Å². The van der Waals surface area contributed by atoms with Crippen LogP contribution in [0.4, 0.5) is 13.2 Å². The first kappa shape index (κ1) is 16.9. The summed E-state index contributed by atoms with van der Waals surface area (Å²) in [5.74, 6) is -0.573. The van der Waals surface area contributed by atoms with Crippen molar-refractivity contribution in [3.05, 3.63) is 35.9 Å². The van der Waals surface area contributed by atoms with E-state index in [0.717, 1.165) is 10.5 Å². The molecule has 0 aliphatic rings. The summed E-state index contributed by atoms with van der Waals surface area (Å²) in [6.07, 6.45) is -3.58. The smallest absolute Gasteiger partial charge is 0.333 e. The molecule has 0 bridgehead atoms. The largest absolute Gasteiger partial charge is 0.406 e. The number of halogens is 3. The SMILES string of the molecule is CCCN(CC(F)(F)F)C(=O)C(S)Cc1ccccc1. The second-order valence-electron chi connectivity index (χ2n) is 4.58. The lowest BCUT2D eigenvalue weighted by atomic mass is 10.1. The molecule has 0 fully saturated rings. The monoisotopic (exact) mass is 305 g/mol. The molecule has 2 nitrogen and oxygen atoms in total. The van der Waals surface area contributed by atoms with E-state index in [-0.39, 0.29) is 6.54 Å². The molecule has 6 heteroatoms. The molecule has 20 heavy (non-hydrogen) atoms. The van der Waals surface area contributed by atoms with Crippen LogP contribution >= 0.6 is 12.6 Å². The third kappa shape index (κ3) is 5.86. The van der Waals surface area contributed by atoms with Crippen LogP contribution in [0.25, 0.3) is 0 Å².